The van der Waals surface area contributed by atoms with Gasteiger partial charge < -0.3 is 14.7 Å². The number of ether oxygens (including phenoxy) is 1. The summed E-state index contributed by atoms with van der Waals surface area (Å²) < 4.78 is 5.17. The SMILES string of the molecule is C=C(C)COC(=O)c1ccccc1C(=O)c1ccc(N(CC)CC)cc1O. The Kier molecular flexibility index (Phi) is 6.77. The minimum Gasteiger partial charge on any atom is -0.507 e. The first-order chi connectivity index (χ1) is 12.9. The van der Waals surface area contributed by atoms with E-state index in [0.29, 0.717) is 5.57 Å². The van der Waals surface area contributed by atoms with Crippen LogP contribution in [0.15, 0.2) is 54.6 Å². The van der Waals surface area contributed by atoms with E-state index in [4.69, 9.17) is 4.74 Å². The predicted octanol–water partition coefficient (Wildman–Crippen LogP) is 4.20. The summed E-state index contributed by atoms with van der Waals surface area (Å²) in [7, 11) is 0. The van der Waals surface area contributed by atoms with Crippen LogP contribution in [0.25, 0.3) is 0 Å². The van der Waals surface area contributed by atoms with Crippen LogP contribution in [-0.2, 0) is 4.74 Å². The fourth-order valence-corrected chi connectivity index (χ4v) is 2.77. The molecule has 0 aliphatic rings. The maximum atomic E-state index is 13.0. The van der Waals surface area contributed by atoms with Crippen LogP contribution < -0.4 is 4.90 Å². The predicted molar refractivity (Wildman–Crippen MR) is 107 cm³/mol. The monoisotopic (exact) mass is 367 g/mol. The normalized spacial score (nSPS) is 10.3. The van der Waals surface area contributed by atoms with Gasteiger partial charge in [0.2, 0.25) is 0 Å². The number of ketones is 1. The Labute approximate surface area is 159 Å². The standard InChI is InChI=1S/C22H25NO4/c1-5-23(6-2)16-11-12-19(20(24)13-16)21(25)17-9-7-8-10-18(17)22(26)27-14-15(3)4/h7-13,24H,3,5-6,14H2,1-2,4H3. The molecule has 5 nitrogen and oxygen atoms in total. The molecule has 0 atom stereocenters. The number of hydrogen-bond acceptors (Lipinski definition) is 5. The van der Waals surface area contributed by atoms with E-state index in [1.807, 2.05) is 13.8 Å². The van der Waals surface area contributed by atoms with Crippen molar-refractivity contribution in [3.8, 4) is 5.75 Å². The van der Waals surface area contributed by atoms with Gasteiger partial charge in [0.1, 0.15) is 12.4 Å². The molecule has 0 fully saturated rings. The number of esters is 1. The Balaban J connectivity index is 2.36. The zero-order valence-corrected chi connectivity index (χ0v) is 16.0. The van der Waals surface area contributed by atoms with Gasteiger partial charge >= 0.3 is 5.97 Å². The number of carbonyl (C=O) groups is 2. The highest BCUT2D eigenvalue weighted by Crippen LogP contribution is 2.27. The lowest BCUT2D eigenvalue weighted by Crippen LogP contribution is -2.21. The van der Waals surface area contributed by atoms with E-state index in [1.54, 1.807) is 43.3 Å². The van der Waals surface area contributed by atoms with E-state index in [9.17, 15) is 14.7 Å². The summed E-state index contributed by atoms with van der Waals surface area (Å²) in [6, 6.07) is 11.4. The maximum absolute atomic E-state index is 13.0. The van der Waals surface area contributed by atoms with Crippen LogP contribution in [0.3, 0.4) is 0 Å². The third kappa shape index (κ3) is 4.76. The van der Waals surface area contributed by atoms with E-state index < -0.39 is 11.8 Å². The number of benzene rings is 2. The van der Waals surface area contributed by atoms with Crippen molar-refractivity contribution in [2.45, 2.75) is 20.8 Å². The number of phenols is 1. The van der Waals surface area contributed by atoms with Crippen molar-refractivity contribution in [2.24, 2.45) is 0 Å². The molecule has 0 bridgehead atoms. The van der Waals surface area contributed by atoms with Crippen LogP contribution >= 0.6 is 0 Å². The topological polar surface area (TPSA) is 66.8 Å². The molecule has 0 saturated heterocycles. The molecule has 0 amide bonds. The number of aromatic hydroxyl groups is 1. The quantitative estimate of drug-likeness (QED) is 0.430. The summed E-state index contributed by atoms with van der Waals surface area (Å²) in [5.41, 5.74) is 2.04. The Hall–Kier alpha value is -3.08. The van der Waals surface area contributed by atoms with Gasteiger partial charge in [-0.3, -0.25) is 4.79 Å². The second kappa shape index (κ2) is 9.03. The third-order valence-corrected chi connectivity index (χ3v) is 4.20. The number of carbonyl (C=O) groups excluding carboxylic acids is 2. The Morgan fingerprint density at radius 3 is 2.22 bits per heavy atom. The van der Waals surface area contributed by atoms with Crippen molar-refractivity contribution < 1.29 is 19.4 Å². The number of hydrogen-bond donors (Lipinski definition) is 1. The Bertz CT molecular complexity index is 853. The summed E-state index contributed by atoms with van der Waals surface area (Å²) in [5, 5.41) is 10.4. The van der Waals surface area contributed by atoms with Gasteiger partial charge in [-0.05, 0) is 44.5 Å². The molecule has 0 aliphatic heterocycles. The smallest absolute Gasteiger partial charge is 0.339 e. The second-order valence-corrected chi connectivity index (χ2v) is 6.28. The fourth-order valence-electron chi connectivity index (χ4n) is 2.77. The van der Waals surface area contributed by atoms with Crippen LogP contribution in [0.2, 0.25) is 0 Å². The molecule has 142 valence electrons. The number of phenolic OH excluding ortho intramolecular Hbond substituents is 1. The minimum absolute atomic E-state index is 0.0885. The summed E-state index contributed by atoms with van der Waals surface area (Å²) in [6.07, 6.45) is 0. The van der Waals surface area contributed by atoms with Crippen LogP contribution in [0.1, 0.15) is 47.1 Å². The molecule has 0 spiro atoms. The van der Waals surface area contributed by atoms with E-state index in [2.05, 4.69) is 11.5 Å². The molecule has 0 aromatic heterocycles. The van der Waals surface area contributed by atoms with E-state index >= 15 is 0 Å². The highest BCUT2D eigenvalue weighted by Gasteiger charge is 2.21. The molecule has 2 rings (SSSR count). The van der Waals surface area contributed by atoms with Gasteiger partial charge in [-0.25, -0.2) is 4.79 Å². The van der Waals surface area contributed by atoms with E-state index in [1.165, 1.54) is 6.07 Å². The van der Waals surface area contributed by atoms with Crippen molar-refractivity contribution in [3.63, 3.8) is 0 Å². The first-order valence-electron chi connectivity index (χ1n) is 8.92. The van der Waals surface area contributed by atoms with Gasteiger partial charge in [0.05, 0.1) is 11.1 Å². The van der Waals surface area contributed by atoms with Crippen molar-refractivity contribution in [1.29, 1.82) is 0 Å². The first kappa shape index (κ1) is 20.2. The van der Waals surface area contributed by atoms with Crippen molar-refractivity contribution in [2.75, 3.05) is 24.6 Å². The minimum atomic E-state index is -0.596. The van der Waals surface area contributed by atoms with Crippen molar-refractivity contribution in [1.82, 2.24) is 0 Å². The van der Waals surface area contributed by atoms with Gasteiger partial charge in [-0.2, -0.15) is 0 Å². The molecule has 0 heterocycles. The summed E-state index contributed by atoms with van der Waals surface area (Å²) in [6.45, 7) is 11.2. The first-order valence-corrected chi connectivity index (χ1v) is 8.92. The number of nitrogens with zero attached hydrogens (tertiary/aromatic N) is 1. The molecule has 27 heavy (non-hydrogen) atoms. The largest absolute Gasteiger partial charge is 0.507 e. The van der Waals surface area contributed by atoms with Crippen LogP contribution in [0.5, 0.6) is 5.75 Å². The molecule has 1 N–H and O–H groups in total. The van der Waals surface area contributed by atoms with E-state index in [-0.39, 0.29) is 29.0 Å². The molecule has 0 radical (unpaired) electrons. The lowest BCUT2D eigenvalue weighted by molar-refractivity contribution is 0.0537. The molecule has 0 unspecified atom stereocenters. The zero-order chi connectivity index (χ0) is 20.0. The Morgan fingerprint density at radius 1 is 1.04 bits per heavy atom. The highest BCUT2D eigenvalue weighted by molar-refractivity contribution is 6.15. The lowest BCUT2D eigenvalue weighted by atomic mass is 9.97. The second-order valence-electron chi connectivity index (χ2n) is 6.28. The summed E-state index contributed by atoms with van der Waals surface area (Å²) in [4.78, 5) is 27.3. The molecule has 0 aliphatic carbocycles. The fraction of sp³-hybridized carbons (Fsp3) is 0.273. The molecular formula is C22H25NO4. The zero-order valence-electron chi connectivity index (χ0n) is 16.0. The van der Waals surface area contributed by atoms with Crippen LogP contribution in [-0.4, -0.2) is 36.6 Å². The van der Waals surface area contributed by atoms with Crippen molar-refractivity contribution >= 4 is 17.4 Å². The van der Waals surface area contributed by atoms with Gasteiger partial charge in [-0.1, -0.05) is 24.8 Å². The number of anilines is 1. The van der Waals surface area contributed by atoms with Crippen molar-refractivity contribution in [3.05, 3.63) is 71.3 Å². The molecular weight excluding hydrogens is 342 g/mol. The highest BCUT2D eigenvalue weighted by atomic mass is 16.5. The average Bonchev–Trinajstić information content (AvgIpc) is 2.66. The Morgan fingerprint density at radius 2 is 1.67 bits per heavy atom. The maximum Gasteiger partial charge on any atom is 0.339 e. The van der Waals surface area contributed by atoms with Gasteiger partial charge in [0, 0.05) is 30.4 Å². The molecule has 5 heteroatoms. The molecule has 2 aromatic carbocycles. The van der Waals surface area contributed by atoms with Crippen LogP contribution in [0.4, 0.5) is 5.69 Å². The molecule has 0 saturated carbocycles. The number of rotatable bonds is 8. The van der Waals surface area contributed by atoms with Gasteiger partial charge in [-0.15, -0.1) is 0 Å². The van der Waals surface area contributed by atoms with E-state index in [0.717, 1.165) is 18.8 Å². The summed E-state index contributed by atoms with van der Waals surface area (Å²) in [5.74, 6) is -1.14. The summed E-state index contributed by atoms with van der Waals surface area (Å²) >= 11 is 0. The lowest BCUT2D eigenvalue weighted by Gasteiger charge is -2.21. The molecule has 2 aromatic rings. The van der Waals surface area contributed by atoms with Crippen LogP contribution in [0, 0.1) is 0 Å². The van der Waals surface area contributed by atoms with Gasteiger partial charge in [0.25, 0.3) is 0 Å². The average molecular weight is 367 g/mol. The third-order valence-electron chi connectivity index (χ3n) is 4.20. The van der Waals surface area contributed by atoms with Gasteiger partial charge in [0.15, 0.2) is 5.78 Å².